The van der Waals surface area contributed by atoms with Crippen molar-refractivity contribution < 1.29 is 4.74 Å². The Labute approximate surface area is 181 Å². The molecule has 6 rings (SSSR count). The molecule has 32 heavy (non-hydrogen) atoms. The molecule has 0 spiro atoms. The molecule has 0 radical (unpaired) electrons. The fraction of sp³-hybridized carbons (Fsp3) is 0.0909. The van der Waals surface area contributed by atoms with Crippen LogP contribution < -0.4 is 4.74 Å². The van der Waals surface area contributed by atoms with E-state index in [0.29, 0.717) is 28.7 Å². The molecule has 0 amide bonds. The SMILES string of the molecule is COc1cncc(-c2cnc3[nH]nc(-c4nc5c(-n6cnc(C)c6)nccc5[nH]4)c3c2)c1. The molecule has 10 nitrogen and oxygen atoms in total. The number of rotatable bonds is 4. The molecule has 0 aliphatic heterocycles. The summed E-state index contributed by atoms with van der Waals surface area (Å²) in [5.74, 6) is 2.01. The number of hydrogen-bond donors (Lipinski definition) is 2. The van der Waals surface area contributed by atoms with Crippen molar-refractivity contribution in [3.05, 3.63) is 61.2 Å². The lowest BCUT2D eigenvalue weighted by atomic mass is 10.1. The van der Waals surface area contributed by atoms with E-state index in [9.17, 15) is 0 Å². The minimum Gasteiger partial charge on any atom is -0.495 e. The van der Waals surface area contributed by atoms with E-state index in [4.69, 9.17) is 9.72 Å². The van der Waals surface area contributed by atoms with Gasteiger partial charge in [0.25, 0.3) is 0 Å². The molecule has 6 aromatic heterocycles. The Morgan fingerprint density at radius 2 is 1.94 bits per heavy atom. The summed E-state index contributed by atoms with van der Waals surface area (Å²) in [5.41, 5.74) is 5.64. The molecular weight excluding hydrogens is 406 g/mol. The smallest absolute Gasteiger partial charge is 0.166 e. The molecule has 0 bridgehead atoms. The zero-order valence-corrected chi connectivity index (χ0v) is 17.2. The lowest BCUT2D eigenvalue weighted by molar-refractivity contribution is 0.413. The second-order valence-corrected chi connectivity index (χ2v) is 7.34. The van der Waals surface area contributed by atoms with Crippen molar-refractivity contribution in [1.82, 2.24) is 44.7 Å². The molecule has 6 heterocycles. The third-order valence-electron chi connectivity index (χ3n) is 5.26. The third kappa shape index (κ3) is 2.88. The first-order valence-electron chi connectivity index (χ1n) is 9.89. The highest BCUT2D eigenvalue weighted by Crippen LogP contribution is 2.30. The maximum absolute atomic E-state index is 5.30. The van der Waals surface area contributed by atoms with Crippen LogP contribution in [0.3, 0.4) is 0 Å². The molecule has 0 aliphatic carbocycles. The van der Waals surface area contributed by atoms with Crippen molar-refractivity contribution in [2.75, 3.05) is 7.11 Å². The number of nitrogens with one attached hydrogen (secondary N) is 2. The van der Waals surface area contributed by atoms with E-state index >= 15 is 0 Å². The number of fused-ring (bicyclic) bond motifs is 2. The number of ether oxygens (including phenoxy) is 1. The van der Waals surface area contributed by atoms with Crippen LogP contribution in [0.1, 0.15) is 5.69 Å². The summed E-state index contributed by atoms with van der Waals surface area (Å²) in [6.07, 6.45) is 10.6. The number of aromatic nitrogens is 9. The van der Waals surface area contributed by atoms with E-state index in [0.717, 1.165) is 33.2 Å². The Bertz CT molecular complexity index is 1590. The Balaban J connectivity index is 1.49. The van der Waals surface area contributed by atoms with Gasteiger partial charge < -0.3 is 9.72 Å². The fourth-order valence-electron chi connectivity index (χ4n) is 3.69. The van der Waals surface area contributed by atoms with E-state index in [-0.39, 0.29) is 0 Å². The van der Waals surface area contributed by atoms with Crippen molar-refractivity contribution in [2.45, 2.75) is 6.92 Å². The molecule has 0 aliphatic rings. The van der Waals surface area contributed by atoms with Gasteiger partial charge in [-0.3, -0.25) is 14.6 Å². The summed E-state index contributed by atoms with van der Waals surface area (Å²) in [6, 6.07) is 5.82. The van der Waals surface area contributed by atoms with Gasteiger partial charge in [-0.1, -0.05) is 0 Å². The third-order valence-corrected chi connectivity index (χ3v) is 5.26. The number of aryl methyl sites for hydroxylation is 1. The van der Waals surface area contributed by atoms with Crippen LogP contribution in [0.25, 0.3) is 50.5 Å². The maximum Gasteiger partial charge on any atom is 0.166 e. The van der Waals surface area contributed by atoms with Crippen molar-refractivity contribution in [1.29, 1.82) is 0 Å². The predicted octanol–water partition coefficient (Wildman–Crippen LogP) is 3.46. The van der Waals surface area contributed by atoms with Crippen LogP contribution in [-0.2, 0) is 0 Å². The van der Waals surface area contributed by atoms with E-state index < -0.39 is 0 Å². The van der Waals surface area contributed by atoms with Gasteiger partial charge in [0.15, 0.2) is 17.3 Å². The number of imidazole rings is 2. The summed E-state index contributed by atoms with van der Waals surface area (Å²) >= 11 is 0. The van der Waals surface area contributed by atoms with Gasteiger partial charge in [-0.15, -0.1) is 0 Å². The zero-order valence-electron chi connectivity index (χ0n) is 17.2. The molecule has 6 aromatic rings. The number of methoxy groups -OCH3 is 1. The standard InChI is InChI=1S/C22H17N9O/c1-12-10-31(11-26-12)22-19-17(3-4-24-22)27-21(28-19)18-16-6-14(8-25-20(16)30-29-18)13-5-15(32-2)9-23-7-13/h3-11H,1-2H3,(H,27,28)(H,25,29,30). The molecule has 2 N–H and O–H groups in total. The van der Waals surface area contributed by atoms with Crippen molar-refractivity contribution in [2.24, 2.45) is 0 Å². The highest BCUT2D eigenvalue weighted by Gasteiger charge is 2.17. The predicted molar refractivity (Wildman–Crippen MR) is 118 cm³/mol. The molecule has 0 atom stereocenters. The number of aromatic amines is 2. The second-order valence-electron chi connectivity index (χ2n) is 7.34. The van der Waals surface area contributed by atoms with E-state index in [1.165, 1.54) is 0 Å². The van der Waals surface area contributed by atoms with Crippen LogP contribution >= 0.6 is 0 Å². The zero-order chi connectivity index (χ0) is 21.7. The van der Waals surface area contributed by atoms with Gasteiger partial charge in [0.05, 0.1) is 29.9 Å². The summed E-state index contributed by atoms with van der Waals surface area (Å²) in [5, 5.41) is 8.31. The van der Waals surface area contributed by atoms with Gasteiger partial charge in [-0.2, -0.15) is 5.10 Å². The minimum atomic E-state index is 0.625. The first kappa shape index (κ1) is 18.2. The average molecular weight is 423 g/mol. The van der Waals surface area contributed by atoms with Crippen LogP contribution in [0, 0.1) is 6.92 Å². The van der Waals surface area contributed by atoms with E-state index in [2.05, 4.69) is 35.1 Å². The van der Waals surface area contributed by atoms with Gasteiger partial charge in [-0.05, 0) is 25.1 Å². The van der Waals surface area contributed by atoms with Crippen molar-refractivity contribution in [3.8, 4) is 34.2 Å². The van der Waals surface area contributed by atoms with Gasteiger partial charge in [0.2, 0.25) is 0 Å². The Morgan fingerprint density at radius 3 is 2.78 bits per heavy atom. The topological polar surface area (TPSA) is 123 Å². The van der Waals surface area contributed by atoms with E-state index in [1.807, 2.05) is 35.9 Å². The summed E-state index contributed by atoms with van der Waals surface area (Å²) in [4.78, 5) is 25.7. The highest BCUT2D eigenvalue weighted by atomic mass is 16.5. The normalized spacial score (nSPS) is 11.4. The van der Waals surface area contributed by atoms with Crippen molar-refractivity contribution >= 4 is 22.1 Å². The Hall–Kier alpha value is -4.60. The van der Waals surface area contributed by atoms with Gasteiger partial charge in [-0.25, -0.2) is 19.9 Å². The molecule has 0 aromatic carbocycles. The van der Waals surface area contributed by atoms with Crippen LogP contribution in [0.5, 0.6) is 5.75 Å². The molecule has 0 unspecified atom stereocenters. The molecule has 156 valence electrons. The monoisotopic (exact) mass is 423 g/mol. The van der Waals surface area contributed by atoms with Crippen LogP contribution in [0.2, 0.25) is 0 Å². The Morgan fingerprint density at radius 1 is 1.03 bits per heavy atom. The van der Waals surface area contributed by atoms with Gasteiger partial charge in [0.1, 0.15) is 23.3 Å². The number of hydrogen-bond acceptors (Lipinski definition) is 7. The second kappa shape index (κ2) is 6.98. The lowest BCUT2D eigenvalue weighted by Gasteiger charge is -2.04. The lowest BCUT2D eigenvalue weighted by Crippen LogP contribution is -1.95. The highest BCUT2D eigenvalue weighted by molar-refractivity contribution is 5.94. The van der Waals surface area contributed by atoms with Crippen LogP contribution in [0.4, 0.5) is 0 Å². The minimum absolute atomic E-state index is 0.625. The molecule has 0 saturated heterocycles. The molecule has 10 heteroatoms. The first-order chi connectivity index (χ1) is 15.7. The van der Waals surface area contributed by atoms with Gasteiger partial charge in [0, 0.05) is 35.9 Å². The van der Waals surface area contributed by atoms with Gasteiger partial charge >= 0.3 is 0 Å². The number of pyridine rings is 3. The summed E-state index contributed by atoms with van der Waals surface area (Å²) in [7, 11) is 1.62. The molecule has 0 saturated carbocycles. The Kier molecular flexibility index (Phi) is 3.97. The molecule has 0 fully saturated rings. The fourth-order valence-corrected chi connectivity index (χ4v) is 3.69. The summed E-state index contributed by atoms with van der Waals surface area (Å²) in [6.45, 7) is 1.94. The largest absolute Gasteiger partial charge is 0.495 e. The number of nitrogens with zero attached hydrogens (tertiary/aromatic N) is 7. The average Bonchev–Trinajstić information content (AvgIpc) is 3.55. The van der Waals surface area contributed by atoms with Crippen molar-refractivity contribution in [3.63, 3.8) is 0 Å². The number of H-pyrrole nitrogens is 2. The molecular formula is C22H17N9O. The summed E-state index contributed by atoms with van der Waals surface area (Å²) < 4.78 is 7.16. The van der Waals surface area contributed by atoms with E-state index in [1.54, 1.807) is 38.2 Å². The van der Waals surface area contributed by atoms with Crippen LogP contribution in [0.15, 0.2) is 55.5 Å². The quantitative estimate of drug-likeness (QED) is 0.445. The maximum atomic E-state index is 5.30. The first-order valence-corrected chi connectivity index (χ1v) is 9.89. The van der Waals surface area contributed by atoms with Crippen LogP contribution in [-0.4, -0.2) is 51.8 Å².